The Morgan fingerprint density at radius 3 is 1.47 bits per heavy atom. The van der Waals surface area contributed by atoms with Crippen molar-refractivity contribution in [3.05, 3.63) is 236 Å². The Labute approximate surface area is 342 Å². The Morgan fingerprint density at radius 1 is 0.310 bits per heavy atom. The van der Waals surface area contributed by atoms with Gasteiger partial charge in [-0.2, -0.15) is 0 Å². The quantitative estimate of drug-likeness (QED) is 0.150. The highest BCUT2D eigenvalue weighted by Crippen LogP contribution is 2.54. The van der Waals surface area contributed by atoms with Gasteiger partial charge in [-0.3, -0.25) is 0 Å². The second-order valence-corrected chi connectivity index (χ2v) is 15.6. The second-order valence-electron chi connectivity index (χ2n) is 15.6. The first-order valence-electron chi connectivity index (χ1n) is 20.2. The summed E-state index contributed by atoms with van der Waals surface area (Å²) in [5.74, 6) is 0. The fourth-order valence-corrected chi connectivity index (χ4v) is 9.28. The Balaban J connectivity index is 1.26. The molecule has 0 N–H and O–H groups in total. The zero-order chi connectivity index (χ0) is 39.1. The van der Waals surface area contributed by atoms with Crippen LogP contribution in [0.4, 0.5) is 17.1 Å². The minimum Gasteiger partial charge on any atom is -0.309 e. The van der Waals surface area contributed by atoms with Crippen molar-refractivity contribution in [1.29, 1.82) is 0 Å². The molecule has 1 aliphatic rings. The van der Waals surface area contributed by atoms with E-state index in [2.05, 4.69) is 243 Å². The Kier molecular flexibility index (Phi) is 8.92. The minimum atomic E-state index is -0.142. The molecule has 1 aliphatic carbocycles. The molecular weight excluding hydrogens is 699 g/mol. The molecule has 0 atom stereocenters. The third kappa shape index (κ3) is 6.04. The SMILES string of the molecule is CC1(C)c2ccccc2-c2cccc(-c3cccc(N(c4ccccc4-c4ccccc4)c4cccc(-c5ccccc5)c4-c4ccccc4-c4ccccc4)c3)c21. The van der Waals surface area contributed by atoms with Gasteiger partial charge in [-0.15, -0.1) is 0 Å². The van der Waals surface area contributed by atoms with Gasteiger partial charge in [-0.25, -0.2) is 0 Å². The minimum absolute atomic E-state index is 0.142. The fraction of sp³-hybridized carbons (Fsp3) is 0.0526. The van der Waals surface area contributed by atoms with Gasteiger partial charge < -0.3 is 4.90 Å². The van der Waals surface area contributed by atoms with Crippen LogP contribution in [-0.2, 0) is 5.41 Å². The molecule has 58 heavy (non-hydrogen) atoms. The van der Waals surface area contributed by atoms with Crippen molar-refractivity contribution in [1.82, 2.24) is 0 Å². The highest BCUT2D eigenvalue weighted by atomic mass is 15.1. The smallest absolute Gasteiger partial charge is 0.0546 e. The third-order valence-corrected chi connectivity index (χ3v) is 11.9. The van der Waals surface area contributed by atoms with E-state index in [1.807, 2.05) is 0 Å². The lowest BCUT2D eigenvalue weighted by Crippen LogP contribution is -2.16. The zero-order valence-electron chi connectivity index (χ0n) is 32.8. The molecule has 0 saturated carbocycles. The van der Waals surface area contributed by atoms with Crippen LogP contribution < -0.4 is 4.90 Å². The lowest BCUT2D eigenvalue weighted by molar-refractivity contribution is 0.662. The number of hydrogen-bond donors (Lipinski definition) is 0. The molecule has 0 aliphatic heterocycles. The first kappa shape index (κ1) is 35.2. The summed E-state index contributed by atoms with van der Waals surface area (Å²) in [6, 6.07) is 81.8. The van der Waals surface area contributed by atoms with E-state index in [4.69, 9.17) is 0 Å². The van der Waals surface area contributed by atoms with E-state index in [9.17, 15) is 0 Å². The van der Waals surface area contributed by atoms with Gasteiger partial charge in [0, 0.05) is 22.2 Å². The van der Waals surface area contributed by atoms with Crippen LogP contribution in [0, 0.1) is 0 Å². The first-order chi connectivity index (χ1) is 28.6. The normalized spacial score (nSPS) is 12.4. The van der Waals surface area contributed by atoms with Gasteiger partial charge in [-0.1, -0.05) is 214 Å². The van der Waals surface area contributed by atoms with Crippen molar-refractivity contribution >= 4 is 17.1 Å². The summed E-state index contributed by atoms with van der Waals surface area (Å²) >= 11 is 0. The summed E-state index contributed by atoms with van der Waals surface area (Å²) < 4.78 is 0. The van der Waals surface area contributed by atoms with Crippen LogP contribution >= 0.6 is 0 Å². The molecule has 1 nitrogen and oxygen atoms in total. The molecule has 0 heterocycles. The number of fused-ring (bicyclic) bond motifs is 3. The summed E-state index contributed by atoms with van der Waals surface area (Å²) in [6.45, 7) is 4.75. The maximum atomic E-state index is 2.50. The third-order valence-electron chi connectivity index (χ3n) is 11.9. The average Bonchev–Trinajstić information content (AvgIpc) is 3.53. The maximum absolute atomic E-state index is 2.50. The van der Waals surface area contributed by atoms with Crippen molar-refractivity contribution < 1.29 is 0 Å². The largest absolute Gasteiger partial charge is 0.309 e. The van der Waals surface area contributed by atoms with Gasteiger partial charge in [0.2, 0.25) is 0 Å². The van der Waals surface area contributed by atoms with E-state index in [-0.39, 0.29) is 5.41 Å². The molecule has 0 saturated heterocycles. The Morgan fingerprint density at radius 2 is 0.759 bits per heavy atom. The molecule has 0 radical (unpaired) electrons. The predicted molar refractivity (Wildman–Crippen MR) is 246 cm³/mol. The Bertz CT molecular complexity index is 2910. The first-order valence-corrected chi connectivity index (χ1v) is 20.2. The van der Waals surface area contributed by atoms with E-state index < -0.39 is 0 Å². The van der Waals surface area contributed by atoms with Crippen LogP contribution in [-0.4, -0.2) is 0 Å². The van der Waals surface area contributed by atoms with Crippen LogP contribution in [0.3, 0.4) is 0 Å². The van der Waals surface area contributed by atoms with E-state index in [0.29, 0.717) is 0 Å². The number of benzene rings is 9. The van der Waals surface area contributed by atoms with Gasteiger partial charge in [0.05, 0.1) is 11.4 Å². The standard InChI is InChI=1S/C57H43N/c1-57(2)52-36-16-14-31-49(52)51-35-19-34-48(56(51)57)43-27-18-28-44(39-43)58(53-37-17-15-30-46(53)41-23-8-4-9-24-41)54-38-20-33-47(42-25-10-5-11-26-42)55(54)50-32-13-12-29-45(50)40-21-6-3-7-22-40/h3-39H,1-2H3. The van der Waals surface area contributed by atoms with Crippen LogP contribution in [0.25, 0.3) is 66.8 Å². The predicted octanol–water partition coefficient (Wildman–Crippen LogP) is 15.8. The van der Waals surface area contributed by atoms with Crippen LogP contribution in [0.2, 0.25) is 0 Å². The van der Waals surface area contributed by atoms with Crippen molar-refractivity contribution in [3.63, 3.8) is 0 Å². The summed E-state index contributed by atoms with van der Waals surface area (Å²) in [4.78, 5) is 2.50. The van der Waals surface area contributed by atoms with Crippen molar-refractivity contribution in [2.75, 3.05) is 4.90 Å². The van der Waals surface area contributed by atoms with Gasteiger partial charge in [-0.05, 0) is 91.0 Å². The maximum Gasteiger partial charge on any atom is 0.0546 e. The van der Waals surface area contributed by atoms with Crippen LogP contribution in [0.1, 0.15) is 25.0 Å². The van der Waals surface area contributed by atoms with E-state index in [1.165, 1.54) is 72.3 Å². The molecule has 0 bridgehead atoms. The van der Waals surface area contributed by atoms with Gasteiger partial charge >= 0.3 is 0 Å². The van der Waals surface area contributed by atoms with Gasteiger partial charge in [0.15, 0.2) is 0 Å². The topological polar surface area (TPSA) is 3.24 Å². The fourth-order valence-electron chi connectivity index (χ4n) is 9.28. The monoisotopic (exact) mass is 741 g/mol. The molecule has 0 aromatic heterocycles. The number of hydrogen-bond acceptors (Lipinski definition) is 1. The zero-order valence-corrected chi connectivity index (χ0v) is 32.8. The van der Waals surface area contributed by atoms with Gasteiger partial charge in [0.1, 0.15) is 0 Å². The lowest BCUT2D eigenvalue weighted by Gasteiger charge is -2.32. The Hall–Kier alpha value is -7.22. The highest BCUT2D eigenvalue weighted by Gasteiger charge is 2.37. The van der Waals surface area contributed by atoms with Crippen molar-refractivity contribution in [2.45, 2.75) is 19.3 Å². The van der Waals surface area contributed by atoms with Crippen molar-refractivity contribution in [3.8, 4) is 66.8 Å². The summed E-state index contributed by atoms with van der Waals surface area (Å²) in [5.41, 5.74) is 20.5. The number of para-hydroxylation sites is 1. The summed E-state index contributed by atoms with van der Waals surface area (Å²) in [5, 5.41) is 0. The van der Waals surface area contributed by atoms with E-state index in [0.717, 1.165) is 22.6 Å². The van der Waals surface area contributed by atoms with E-state index >= 15 is 0 Å². The number of rotatable bonds is 8. The van der Waals surface area contributed by atoms with Crippen molar-refractivity contribution in [2.24, 2.45) is 0 Å². The number of anilines is 3. The lowest BCUT2D eigenvalue weighted by atomic mass is 9.79. The molecule has 10 rings (SSSR count). The van der Waals surface area contributed by atoms with Crippen LogP contribution in [0.5, 0.6) is 0 Å². The second kappa shape index (κ2) is 14.7. The molecule has 9 aromatic carbocycles. The molecule has 0 unspecified atom stereocenters. The highest BCUT2D eigenvalue weighted by molar-refractivity contribution is 6.03. The summed E-state index contributed by atoms with van der Waals surface area (Å²) in [6.07, 6.45) is 0. The van der Waals surface area contributed by atoms with Crippen LogP contribution in [0.15, 0.2) is 224 Å². The molecule has 0 spiro atoms. The molecule has 276 valence electrons. The van der Waals surface area contributed by atoms with E-state index in [1.54, 1.807) is 0 Å². The molecule has 0 fully saturated rings. The molecule has 0 amide bonds. The van der Waals surface area contributed by atoms with Gasteiger partial charge in [0.25, 0.3) is 0 Å². The molecule has 9 aromatic rings. The molecule has 1 heteroatoms. The average molecular weight is 742 g/mol. The number of nitrogens with zero attached hydrogens (tertiary/aromatic N) is 1. The summed E-state index contributed by atoms with van der Waals surface area (Å²) in [7, 11) is 0. The molecular formula is C57H43N.